The van der Waals surface area contributed by atoms with Gasteiger partial charge in [-0.1, -0.05) is 0 Å². The van der Waals surface area contributed by atoms with Crippen LogP contribution in [0.5, 0.6) is 0 Å². The highest BCUT2D eigenvalue weighted by Gasteiger charge is 2.31. The van der Waals surface area contributed by atoms with E-state index in [0.717, 1.165) is 29.5 Å². The molecule has 25 heavy (non-hydrogen) atoms. The van der Waals surface area contributed by atoms with E-state index in [0.29, 0.717) is 30.0 Å². The Kier molecular flexibility index (Phi) is 4.94. The molecule has 2 heterocycles. The lowest BCUT2D eigenvalue weighted by atomic mass is 10.0. The zero-order valence-electron chi connectivity index (χ0n) is 15.1. The molecular weight excluding hydrogens is 320 g/mol. The van der Waals surface area contributed by atoms with Gasteiger partial charge in [-0.15, -0.1) is 0 Å². The maximum atomic E-state index is 12.4. The number of nitrogens with one attached hydrogen (secondary N) is 2. The molecule has 2 aromatic rings. The summed E-state index contributed by atoms with van der Waals surface area (Å²) in [6.07, 6.45) is 3.48. The number of rotatable bonds is 7. The summed E-state index contributed by atoms with van der Waals surface area (Å²) in [6, 6.07) is 0.0555. The molecule has 136 valence electrons. The van der Waals surface area contributed by atoms with Crippen LogP contribution < -0.4 is 10.9 Å². The van der Waals surface area contributed by atoms with Crippen molar-refractivity contribution in [2.24, 2.45) is 13.0 Å². The molecule has 1 fully saturated rings. The van der Waals surface area contributed by atoms with E-state index in [1.54, 1.807) is 11.7 Å². The molecule has 1 aliphatic carbocycles. The molecule has 1 saturated carbocycles. The normalized spacial score (nSPS) is 15.5. The summed E-state index contributed by atoms with van der Waals surface area (Å²) < 4.78 is 1.67. The van der Waals surface area contributed by atoms with Gasteiger partial charge in [0.25, 0.3) is 5.56 Å². The van der Waals surface area contributed by atoms with E-state index in [4.69, 9.17) is 5.11 Å². The van der Waals surface area contributed by atoms with Gasteiger partial charge in [-0.2, -0.15) is 5.10 Å². The number of nitrogens with zero attached hydrogens (tertiary/aromatic N) is 2. The summed E-state index contributed by atoms with van der Waals surface area (Å²) in [4.78, 5) is 27.6. The zero-order valence-corrected chi connectivity index (χ0v) is 15.1. The van der Waals surface area contributed by atoms with Gasteiger partial charge in [0.15, 0.2) is 0 Å². The number of aliphatic hydroxyl groups is 1. The Hall–Kier alpha value is -2.15. The average molecular weight is 346 g/mol. The molecule has 0 spiro atoms. The third-order valence-electron chi connectivity index (χ3n) is 5.14. The van der Waals surface area contributed by atoms with Crippen molar-refractivity contribution in [2.75, 3.05) is 6.61 Å². The Balaban J connectivity index is 1.73. The van der Waals surface area contributed by atoms with Crippen LogP contribution >= 0.6 is 0 Å². The molecule has 1 aliphatic rings. The number of carbonyl (C=O) groups excluding carboxylic acids is 1. The van der Waals surface area contributed by atoms with Crippen LogP contribution in [0.2, 0.25) is 0 Å². The van der Waals surface area contributed by atoms with Crippen molar-refractivity contribution >= 4 is 16.9 Å². The Bertz CT molecular complexity index is 848. The van der Waals surface area contributed by atoms with Crippen molar-refractivity contribution in [1.82, 2.24) is 20.1 Å². The van der Waals surface area contributed by atoms with Gasteiger partial charge in [-0.3, -0.25) is 14.3 Å². The van der Waals surface area contributed by atoms with E-state index in [9.17, 15) is 9.59 Å². The third-order valence-corrected chi connectivity index (χ3v) is 5.14. The third kappa shape index (κ3) is 3.61. The fourth-order valence-electron chi connectivity index (χ4n) is 3.64. The maximum Gasteiger partial charge on any atom is 0.253 e. The highest BCUT2D eigenvalue weighted by molar-refractivity contribution is 5.83. The average Bonchev–Trinajstić information content (AvgIpc) is 3.34. The summed E-state index contributed by atoms with van der Waals surface area (Å²) in [7, 11) is 1.80. The Morgan fingerprint density at radius 1 is 1.44 bits per heavy atom. The molecule has 0 saturated heterocycles. The van der Waals surface area contributed by atoms with Crippen molar-refractivity contribution in [2.45, 2.75) is 52.0 Å². The molecule has 0 radical (unpaired) electrons. The largest absolute Gasteiger partial charge is 0.396 e. The molecule has 1 amide bonds. The van der Waals surface area contributed by atoms with Crippen LogP contribution in [0.1, 0.15) is 42.5 Å². The number of fused-ring (bicyclic) bond motifs is 1. The monoisotopic (exact) mass is 346 g/mol. The first kappa shape index (κ1) is 17.7. The lowest BCUT2D eigenvalue weighted by Gasteiger charge is -2.17. The number of H-pyrrole nitrogens is 1. The topological polar surface area (TPSA) is 100 Å². The van der Waals surface area contributed by atoms with E-state index < -0.39 is 0 Å². The number of hydrogen-bond donors (Lipinski definition) is 3. The molecule has 1 unspecified atom stereocenters. The lowest BCUT2D eigenvalue weighted by molar-refractivity contribution is -0.122. The van der Waals surface area contributed by atoms with Crippen molar-refractivity contribution in [3.8, 4) is 0 Å². The summed E-state index contributed by atoms with van der Waals surface area (Å²) >= 11 is 0. The predicted octanol–water partition coefficient (Wildman–Crippen LogP) is 1.09. The number of aryl methyl sites for hydroxylation is 3. The van der Waals surface area contributed by atoms with Gasteiger partial charge in [0.05, 0.1) is 5.69 Å². The molecule has 0 bridgehead atoms. The van der Waals surface area contributed by atoms with Gasteiger partial charge in [0, 0.05) is 37.1 Å². The van der Waals surface area contributed by atoms with E-state index in [2.05, 4.69) is 15.4 Å². The number of aliphatic hydroxyl groups excluding tert-OH is 1. The van der Waals surface area contributed by atoms with Crippen LogP contribution in [-0.2, 0) is 18.3 Å². The number of aromatic amines is 1. The second-order valence-corrected chi connectivity index (χ2v) is 7.01. The zero-order chi connectivity index (χ0) is 18.1. The van der Waals surface area contributed by atoms with Crippen LogP contribution in [0.25, 0.3) is 11.0 Å². The first-order chi connectivity index (χ1) is 11.9. The smallest absolute Gasteiger partial charge is 0.253 e. The quantitative estimate of drug-likeness (QED) is 0.699. The number of hydrogen-bond acceptors (Lipinski definition) is 4. The van der Waals surface area contributed by atoms with Crippen molar-refractivity contribution in [1.29, 1.82) is 0 Å². The minimum atomic E-state index is -0.157. The highest BCUT2D eigenvalue weighted by Crippen LogP contribution is 2.34. The fraction of sp³-hybridized carbons (Fsp3) is 0.611. The van der Waals surface area contributed by atoms with E-state index in [1.165, 1.54) is 0 Å². The minimum absolute atomic E-state index is 0.0555. The molecule has 2 aromatic heterocycles. The Morgan fingerprint density at radius 2 is 2.16 bits per heavy atom. The molecule has 7 heteroatoms. The van der Waals surface area contributed by atoms with Gasteiger partial charge in [0.1, 0.15) is 5.65 Å². The lowest BCUT2D eigenvalue weighted by Crippen LogP contribution is -2.37. The Morgan fingerprint density at radius 3 is 2.80 bits per heavy atom. The van der Waals surface area contributed by atoms with Crippen LogP contribution in [0.3, 0.4) is 0 Å². The second kappa shape index (κ2) is 7.00. The van der Waals surface area contributed by atoms with Gasteiger partial charge >= 0.3 is 0 Å². The van der Waals surface area contributed by atoms with E-state index >= 15 is 0 Å². The summed E-state index contributed by atoms with van der Waals surface area (Å²) in [5, 5.41) is 17.5. The fourth-order valence-corrected chi connectivity index (χ4v) is 3.64. The van der Waals surface area contributed by atoms with Crippen LogP contribution in [0.4, 0.5) is 0 Å². The molecule has 0 aliphatic heterocycles. The van der Waals surface area contributed by atoms with Crippen molar-refractivity contribution in [3.05, 3.63) is 27.2 Å². The molecule has 1 atom stereocenters. The summed E-state index contributed by atoms with van der Waals surface area (Å²) in [5.74, 6) is 0.433. The predicted molar refractivity (Wildman–Crippen MR) is 95.5 cm³/mol. The van der Waals surface area contributed by atoms with E-state index in [1.807, 2.05) is 13.8 Å². The van der Waals surface area contributed by atoms with Crippen molar-refractivity contribution in [3.63, 3.8) is 0 Å². The summed E-state index contributed by atoms with van der Waals surface area (Å²) in [5.41, 5.74) is 2.96. The summed E-state index contributed by atoms with van der Waals surface area (Å²) in [6.45, 7) is 3.91. The van der Waals surface area contributed by atoms with Gasteiger partial charge in [-0.25, -0.2) is 0 Å². The van der Waals surface area contributed by atoms with Gasteiger partial charge in [0.2, 0.25) is 5.91 Å². The first-order valence-corrected chi connectivity index (χ1v) is 8.87. The number of aromatic nitrogens is 3. The van der Waals surface area contributed by atoms with Gasteiger partial charge < -0.3 is 15.4 Å². The number of amides is 1. The minimum Gasteiger partial charge on any atom is -0.396 e. The van der Waals surface area contributed by atoms with Gasteiger partial charge in [-0.05, 0) is 51.0 Å². The molecule has 3 rings (SSSR count). The Labute approximate surface area is 146 Å². The second-order valence-electron chi connectivity index (χ2n) is 7.01. The number of carbonyl (C=O) groups is 1. The van der Waals surface area contributed by atoms with Crippen LogP contribution in [-0.4, -0.2) is 38.4 Å². The van der Waals surface area contributed by atoms with Crippen LogP contribution in [0.15, 0.2) is 4.79 Å². The molecular formula is C18H26N4O3. The van der Waals surface area contributed by atoms with Crippen molar-refractivity contribution < 1.29 is 9.90 Å². The molecule has 7 nitrogen and oxygen atoms in total. The standard InChI is InChI=1S/C18H26N4O3/c1-10-13(18(25)20-17-16(10)11(2)21-22(17)3)6-7-15(24)19-14(8-9-23)12-4-5-12/h12,14,23H,4-9H2,1-3H3,(H,19,24)(H,20,25). The maximum absolute atomic E-state index is 12.4. The van der Waals surface area contributed by atoms with E-state index in [-0.39, 0.29) is 30.5 Å². The highest BCUT2D eigenvalue weighted by atomic mass is 16.3. The molecule has 3 N–H and O–H groups in total. The SMILES string of the molecule is Cc1nn(C)c2[nH]c(=O)c(CCC(=O)NC(CCO)C3CC3)c(C)c12. The number of pyridine rings is 1. The first-order valence-electron chi connectivity index (χ1n) is 8.87. The molecule has 0 aromatic carbocycles. The van der Waals surface area contributed by atoms with Crippen LogP contribution in [0, 0.1) is 19.8 Å².